The number of guanidine groups is 1. The maximum atomic E-state index is 9.90. The Kier molecular flexibility index (Phi) is 10.1. The molecule has 0 aliphatic rings. The van der Waals surface area contributed by atoms with Crippen molar-refractivity contribution in [1.82, 2.24) is 10.6 Å². The highest BCUT2D eigenvalue weighted by Gasteiger charge is 2.24. The van der Waals surface area contributed by atoms with Gasteiger partial charge in [0.05, 0.1) is 13.2 Å². The molecule has 1 rings (SSSR count). The molecule has 1 aromatic carbocycles. The third kappa shape index (κ3) is 7.12. The van der Waals surface area contributed by atoms with Gasteiger partial charge in [-0.3, -0.25) is 4.99 Å². The van der Waals surface area contributed by atoms with Crippen LogP contribution in [0.3, 0.4) is 0 Å². The highest BCUT2D eigenvalue weighted by Crippen LogP contribution is 2.23. The Hall–Kier alpha value is -1.22. The van der Waals surface area contributed by atoms with Gasteiger partial charge in [0.2, 0.25) is 0 Å². The van der Waals surface area contributed by atoms with E-state index in [9.17, 15) is 5.11 Å². The number of phenolic OH excluding ortho intramolecular Hbond substituents is 1. The molecular weight excluding hydrogens is 421 g/mol. The Bertz CT molecular complexity index is 530. The summed E-state index contributed by atoms with van der Waals surface area (Å²) in [5, 5.41) is 16.3. The summed E-state index contributed by atoms with van der Waals surface area (Å²) in [7, 11) is 5.02. The smallest absolute Gasteiger partial charge is 0.191 e. The monoisotopic (exact) mass is 451 g/mol. The molecule has 0 saturated heterocycles. The third-order valence-electron chi connectivity index (χ3n) is 3.66. The van der Waals surface area contributed by atoms with E-state index in [1.54, 1.807) is 39.5 Å². The maximum absolute atomic E-state index is 9.90. The van der Waals surface area contributed by atoms with Crippen LogP contribution in [0, 0.1) is 5.41 Å². The molecule has 0 bridgehead atoms. The zero-order valence-corrected chi connectivity index (χ0v) is 17.7. The van der Waals surface area contributed by atoms with Crippen LogP contribution in [0.5, 0.6) is 11.5 Å². The number of nitrogens with zero attached hydrogens (tertiary/aromatic N) is 1. The first kappa shape index (κ1) is 22.8. The molecule has 6 nitrogen and oxygen atoms in total. The number of aromatic hydroxyl groups is 1. The van der Waals surface area contributed by atoms with Gasteiger partial charge >= 0.3 is 0 Å². The van der Waals surface area contributed by atoms with Crippen LogP contribution in [0.1, 0.15) is 26.3 Å². The standard InChI is InChI=1S/C17H29N3O3.HI/c1-17(2,3)15(23-6)11-20-16(18-4)19-10-12-9-13(22-5)7-8-14(12)21;/h7-9,15,21H,10-11H2,1-6H3,(H2,18,19,20);1H. The van der Waals surface area contributed by atoms with Crippen LogP contribution in [0.25, 0.3) is 0 Å². The average molecular weight is 451 g/mol. The summed E-state index contributed by atoms with van der Waals surface area (Å²) in [5.41, 5.74) is 0.775. The van der Waals surface area contributed by atoms with Gasteiger partial charge in [0.15, 0.2) is 5.96 Å². The minimum atomic E-state index is 0. The van der Waals surface area contributed by atoms with Gasteiger partial charge in [-0.1, -0.05) is 20.8 Å². The van der Waals surface area contributed by atoms with Crippen molar-refractivity contribution in [3.63, 3.8) is 0 Å². The SMILES string of the molecule is CN=C(NCc1cc(OC)ccc1O)NCC(OC)C(C)(C)C.I. The topological polar surface area (TPSA) is 75.1 Å². The normalized spacial score (nSPS) is 13.0. The second-order valence-corrected chi connectivity index (χ2v) is 6.39. The lowest BCUT2D eigenvalue weighted by atomic mass is 9.89. The van der Waals surface area contributed by atoms with E-state index in [0.29, 0.717) is 24.8 Å². The Labute approximate surface area is 162 Å². The van der Waals surface area contributed by atoms with Gasteiger partial charge in [-0.05, 0) is 23.6 Å². The number of ether oxygens (including phenoxy) is 2. The van der Waals surface area contributed by atoms with Crippen molar-refractivity contribution in [1.29, 1.82) is 0 Å². The van der Waals surface area contributed by atoms with E-state index in [2.05, 4.69) is 36.4 Å². The number of rotatable bonds is 6. The summed E-state index contributed by atoms with van der Waals surface area (Å²) in [6.45, 7) is 7.48. The Morgan fingerprint density at radius 3 is 2.42 bits per heavy atom. The third-order valence-corrected chi connectivity index (χ3v) is 3.66. The fraction of sp³-hybridized carbons (Fsp3) is 0.588. The van der Waals surface area contributed by atoms with Crippen molar-refractivity contribution in [2.45, 2.75) is 33.4 Å². The van der Waals surface area contributed by atoms with E-state index in [4.69, 9.17) is 9.47 Å². The second-order valence-electron chi connectivity index (χ2n) is 6.39. The van der Waals surface area contributed by atoms with E-state index in [1.165, 1.54) is 0 Å². The molecular formula is C17H30IN3O3. The van der Waals surface area contributed by atoms with E-state index in [1.807, 2.05) is 0 Å². The summed E-state index contributed by atoms with van der Waals surface area (Å²) in [6.07, 6.45) is 0.0614. The zero-order valence-electron chi connectivity index (χ0n) is 15.3. The van der Waals surface area contributed by atoms with Crippen molar-refractivity contribution in [3.8, 4) is 11.5 Å². The van der Waals surface area contributed by atoms with E-state index in [-0.39, 0.29) is 41.2 Å². The zero-order chi connectivity index (χ0) is 17.5. The number of halogens is 1. The number of hydrogen-bond acceptors (Lipinski definition) is 4. The molecule has 24 heavy (non-hydrogen) atoms. The lowest BCUT2D eigenvalue weighted by Crippen LogP contribution is -2.45. The molecule has 1 atom stereocenters. The summed E-state index contributed by atoms with van der Waals surface area (Å²) in [5.74, 6) is 1.58. The molecule has 7 heteroatoms. The molecule has 0 aromatic heterocycles. The van der Waals surface area contributed by atoms with Crippen LogP contribution in [0.15, 0.2) is 23.2 Å². The first-order chi connectivity index (χ1) is 10.8. The Morgan fingerprint density at radius 1 is 1.25 bits per heavy atom. The van der Waals surface area contributed by atoms with Crippen molar-refractivity contribution in [2.75, 3.05) is 27.8 Å². The Morgan fingerprint density at radius 2 is 1.92 bits per heavy atom. The molecule has 138 valence electrons. The predicted molar refractivity (Wildman–Crippen MR) is 109 cm³/mol. The van der Waals surface area contributed by atoms with Gasteiger partial charge in [0, 0.05) is 32.8 Å². The fourth-order valence-corrected chi connectivity index (χ4v) is 2.16. The highest BCUT2D eigenvalue weighted by molar-refractivity contribution is 14.0. The molecule has 0 aliphatic heterocycles. The quantitative estimate of drug-likeness (QED) is 0.353. The first-order valence-corrected chi connectivity index (χ1v) is 7.65. The molecule has 0 fully saturated rings. The molecule has 0 spiro atoms. The molecule has 0 aliphatic carbocycles. The highest BCUT2D eigenvalue weighted by atomic mass is 127. The minimum absolute atomic E-state index is 0. The van der Waals surface area contributed by atoms with Gasteiger partial charge in [-0.2, -0.15) is 0 Å². The summed E-state index contributed by atoms with van der Waals surface area (Å²) in [6, 6.07) is 5.13. The van der Waals surface area contributed by atoms with Gasteiger partial charge < -0.3 is 25.2 Å². The van der Waals surface area contributed by atoms with E-state index in [0.717, 1.165) is 5.56 Å². The summed E-state index contributed by atoms with van der Waals surface area (Å²) in [4.78, 5) is 4.19. The molecule has 1 aromatic rings. The largest absolute Gasteiger partial charge is 0.508 e. The van der Waals surface area contributed by atoms with Crippen LogP contribution in [-0.2, 0) is 11.3 Å². The number of methoxy groups -OCH3 is 2. The average Bonchev–Trinajstić information content (AvgIpc) is 2.51. The van der Waals surface area contributed by atoms with Gasteiger partial charge in [-0.15, -0.1) is 24.0 Å². The van der Waals surface area contributed by atoms with Crippen molar-refractivity contribution in [2.24, 2.45) is 10.4 Å². The van der Waals surface area contributed by atoms with Crippen molar-refractivity contribution >= 4 is 29.9 Å². The Balaban J connectivity index is 0.00000529. The lowest BCUT2D eigenvalue weighted by Gasteiger charge is -2.30. The first-order valence-electron chi connectivity index (χ1n) is 7.65. The second kappa shape index (κ2) is 10.6. The maximum Gasteiger partial charge on any atom is 0.191 e. The molecule has 3 N–H and O–H groups in total. The molecule has 1 unspecified atom stereocenters. The van der Waals surface area contributed by atoms with E-state index < -0.39 is 0 Å². The molecule has 0 saturated carbocycles. The molecule has 0 radical (unpaired) electrons. The van der Waals surface area contributed by atoms with E-state index >= 15 is 0 Å². The van der Waals surface area contributed by atoms with Crippen molar-refractivity contribution in [3.05, 3.63) is 23.8 Å². The number of phenols is 1. The lowest BCUT2D eigenvalue weighted by molar-refractivity contribution is 0.0205. The van der Waals surface area contributed by atoms with Crippen molar-refractivity contribution < 1.29 is 14.6 Å². The summed E-state index contributed by atoms with van der Waals surface area (Å²) >= 11 is 0. The number of nitrogens with one attached hydrogen (secondary N) is 2. The van der Waals surface area contributed by atoms with Gasteiger partial charge in [0.25, 0.3) is 0 Å². The number of benzene rings is 1. The van der Waals surface area contributed by atoms with Crippen LogP contribution < -0.4 is 15.4 Å². The summed E-state index contributed by atoms with van der Waals surface area (Å²) < 4.78 is 10.7. The van der Waals surface area contributed by atoms with Gasteiger partial charge in [-0.25, -0.2) is 0 Å². The van der Waals surface area contributed by atoms with Gasteiger partial charge in [0.1, 0.15) is 11.5 Å². The minimum Gasteiger partial charge on any atom is -0.508 e. The fourth-order valence-electron chi connectivity index (χ4n) is 2.16. The van der Waals surface area contributed by atoms with Crippen LogP contribution >= 0.6 is 24.0 Å². The molecule has 0 heterocycles. The number of hydrogen-bond donors (Lipinski definition) is 3. The predicted octanol–water partition coefficient (Wildman–Crippen LogP) is 2.74. The molecule has 0 amide bonds. The van der Waals surface area contributed by atoms with Crippen LogP contribution in [0.2, 0.25) is 0 Å². The van der Waals surface area contributed by atoms with Crippen LogP contribution in [-0.4, -0.2) is 45.0 Å². The van der Waals surface area contributed by atoms with Crippen LogP contribution in [0.4, 0.5) is 0 Å². The number of aliphatic imine (C=N–C) groups is 1.